The van der Waals surface area contributed by atoms with Gasteiger partial charge in [-0.1, -0.05) is 41.9 Å². The molecule has 4 rings (SSSR count). The van der Waals surface area contributed by atoms with Crippen LogP contribution in [0.1, 0.15) is 12.0 Å². The van der Waals surface area contributed by atoms with Gasteiger partial charge in [0.15, 0.2) is 0 Å². The monoisotopic (exact) mass is 420 g/mol. The maximum atomic E-state index is 12.6. The SMILES string of the molecule is O=C(Nc1ccc(OCc2ccccc2)cc1)C1CC(=O)N(c2ccc(Cl)cc2)C1. The molecule has 3 aromatic carbocycles. The average Bonchev–Trinajstić information content (AvgIpc) is 3.16. The summed E-state index contributed by atoms with van der Waals surface area (Å²) in [6, 6.07) is 24.2. The summed E-state index contributed by atoms with van der Waals surface area (Å²) in [5.74, 6) is 0.0869. The summed E-state index contributed by atoms with van der Waals surface area (Å²) >= 11 is 5.91. The number of hydrogen-bond acceptors (Lipinski definition) is 3. The molecule has 1 unspecified atom stereocenters. The van der Waals surface area contributed by atoms with Gasteiger partial charge in [-0.3, -0.25) is 9.59 Å². The highest BCUT2D eigenvalue weighted by Gasteiger charge is 2.35. The number of hydrogen-bond donors (Lipinski definition) is 1. The maximum absolute atomic E-state index is 12.6. The normalized spacial score (nSPS) is 15.8. The Bertz CT molecular complexity index is 1020. The number of ether oxygens (including phenoxy) is 1. The van der Waals surface area contributed by atoms with Gasteiger partial charge in [-0.15, -0.1) is 0 Å². The Morgan fingerprint density at radius 2 is 1.70 bits per heavy atom. The lowest BCUT2D eigenvalue weighted by Gasteiger charge is -2.17. The molecule has 0 spiro atoms. The summed E-state index contributed by atoms with van der Waals surface area (Å²) in [5.41, 5.74) is 2.51. The molecule has 2 amide bonds. The first-order valence-electron chi connectivity index (χ1n) is 9.72. The molecule has 1 N–H and O–H groups in total. The third-order valence-corrected chi connectivity index (χ3v) is 5.26. The van der Waals surface area contributed by atoms with Crippen molar-refractivity contribution in [1.29, 1.82) is 0 Å². The number of carbonyl (C=O) groups excluding carboxylic acids is 2. The molecule has 0 saturated carbocycles. The first kappa shape index (κ1) is 20.0. The van der Waals surface area contributed by atoms with Crippen LogP contribution in [0.5, 0.6) is 5.75 Å². The average molecular weight is 421 g/mol. The van der Waals surface area contributed by atoms with Gasteiger partial charge in [0.1, 0.15) is 12.4 Å². The van der Waals surface area contributed by atoms with E-state index in [1.54, 1.807) is 41.3 Å². The fraction of sp³-hybridized carbons (Fsp3) is 0.167. The second kappa shape index (κ2) is 9.01. The second-order valence-electron chi connectivity index (χ2n) is 7.17. The van der Waals surface area contributed by atoms with Gasteiger partial charge in [0.05, 0.1) is 5.92 Å². The first-order valence-corrected chi connectivity index (χ1v) is 10.1. The lowest BCUT2D eigenvalue weighted by molar-refractivity contribution is -0.122. The van der Waals surface area contributed by atoms with E-state index in [9.17, 15) is 9.59 Å². The van der Waals surface area contributed by atoms with Crippen molar-refractivity contribution in [2.75, 3.05) is 16.8 Å². The molecular formula is C24H21ClN2O3. The minimum Gasteiger partial charge on any atom is -0.489 e. The number of carbonyl (C=O) groups is 2. The number of nitrogens with zero attached hydrogens (tertiary/aromatic N) is 1. The second-order valence-corrected chi connectivity index (χ2v) is 7.61. The van der Waals surface area contributed by atoms with Crippen molar-refractivity contribution in [1.82, 2.24) is 0 Å². The van der Waals surface area contributed by atoms with Crippen molar-refractivity contribution in [2.45, 2.75) is 13.0 Å². The van der Waals surface area contributed by atoms with Gasteiger partial charge in [-0.25, -0.2) is 0 Å². The summed E-state index contributed by atoms with van der Waals surface area (Å²) in [6.45, 7) is 0.835. The molecule has 30 heavy (non-hydrogen) atoms. The molecule has 1 aliphatic heterocycles. The molecule has 6 heteroatoms. The number of benzene rings is 3. The molecule has 1 heterocycles. The summed E-state index contributed by atoms with van der Waals surface area (Å²) < 4.78 is 5.76. The largest absolute Gasteiger partial charge is 0.489 e. The van der Waals surface area contributed by atoms with Gasteiger partial charge < -0.3 is 15.0 Å². The van der Waals surface area contributed by atoms with Crippen molar-refractivity contribution in [3.05, 3.63) is 89.4 Å². The summed E-state index contributed by atoms with van der Waals surface area (Å²) in [5, 5.41) is 3.50. The Balaban J connectivity index is 1.32. The molecule has 3 aromatic rings. The topological polar surface area (TPSA) is 58.6 Å². The summed E-state index contributed by atoms with van der Waals surface area (Å²) in [4.78, 5) is 26.6. The van der Waals surface area contributed by atoms with E-state index >= 15 is 0 Å². The van der Waals surface area contributed by atoms with E-state index in [0.717, 1.165) is 17.0 Å². The van der Waals surface area contributed by atoms with E-state index in [1.165, 1.54) is 0 Å². The van der Waals surface area contributed by atoms with Crippen molar-refractivity contribution in [3.8, 4) is 5.75 Å². The van der Waals surface area contributed by atoms with Gasteiger partial charge >= 0.3 is 0 Å². The standard InChI is InChI=1S/C24H21ClN2O3/c25-19-6-10-21(11-7-19)27-15-18(14-23(27)28)24(29)26-20-8-12-22(13-9-20)30-16-17-4-2-1-3-5-17/h1-13,18H,14-16H2,(H,26,29). The van der Waals surface area contributed by atoms with Gasteiger partial charge in [0, 0.05) is 29.4 Å². The Kier molecular flexibility index (Phi) is 6.00. The quantitative estimate of drug-likeness (QED) is 0.616. The van der Waals surface area contributed by atoms with Crippen LogP contribution in [0, 0.1) is 5.92 Å². The van der Waals surface area contributed by atoms with E-state index in [2.05, 4.69) is 5.32 Å². The third kappa shape index (κ3) is 4.81. The van der Waals surface area contributed by atoms with Gasteiger partial charge in [0.2, 0.25) is 11.8 Å². The number of nitrogens with one attached hydrogen (secondary N) is 1. The third-order valence-electron chi connectivity index (χ3n) is 5.00. The Labute approximate surface area is 180 Å². The predicted molar refractivity (Wildman–Crippen MR) is 118 cm³/mol. The molecule has 152 valence electrons. The predicted octanol–water partition coefficient (Wildman–Crippen LogP) is 4.91. The zero-order chi connectivity index (χ0) is 20.9. The molecular weight excluding hydrogens is 400 g/mol. The fourth-order valence-electron chi connectivity index (χ4n) is 3.37. The van der Waals surface area contributed by atoms with E-state index < -0.39 is 5.92 Å². The van der Waals surface area contributed by atoms with E-state index in [-0.39, 0.29) is 18.2 Å². The fourth-order valence-corrected chi connectivity index (χ4v) is 3.50. The zero-order valence-electron chi connectivity index (χ0n) is 16.3. The molecule has 0 aliphatic carbocycles. The summed E-state index contributed by atoms with van der Waals surface area (Å²) in [6.07, 6.45) is 0.187. The first-order chi connectivity index (χ1) is 14.6. The number of amides is 2. The highest BCUT2D eigenvalue weighted by atomic mass is 35.5. The molecule has 0 radical (unpaired) electrons. The highest BCUT2D eigenvalue weighted by molar-refractivity contribution is 6.30. The van der Waals surface area contributed by atoms with Crippen molar-refractivity contribution in [3.63, 3.8) is 0 Å². The van der Waals surface area contributed by atoms with Crippen LogP contribution in [-0.4, -0.2) is 18.4 Å². The number of rotatable bonds is 6. The van der Waals surface area contributed by atoms with Gasteiger partial charge in [-0.2, -0.15) is 0 Å². The van der Waals surface area contributed by atoms with Crippen LogP contribution in [0.2, 0.25) is 5.02 Å². The van der Waals surface area contributed by atoms with Crippen LogP contribution in [0.15, 0.2) is 78.9 Å². The van der Waals surface area contributed by atoms with Crippen LogP contribution in [0.4, 0.5) is 11.4 Å². The van der Waals surface area contributed by atoms with Crippen molar-refractivity contribution < 1.29 is 14.3 Å². The molecule has 1 saturated heterocycles. The van der Waals surface area contributed by atoms with Gasteiger partial charge in [-0.05, 0) is 54.1 Å². The molecule has 1 fully saturated rings. The smallest absolute Gasteiger partial charge is 0.229 e. The van der Waals surface area contributed by atoms with Crippen molar-refractivity contribution in [2.24, 2.45) is 5.92 Å². The molecule has 5 nitrogen and oxygen atoms in total. The van der Waals surface area contributed by atoms with Crippen LogP contribution < -0.4 is 15.0 Å². The maximum Gasteiger partial charge on any atom is 0.229 e. The number of halogens is 1. The van der Waals surface area contributed by atoms with Crippen molar-refractivity contribution >= 4 is 34.8 Å². The minimum absolute atomic E-state index is 0.0675. The van der Waals surface area contributed by atoms with Crippen LogP contribution in [-0.2, 0) is 16.2 Å². The molecule has 1 aliphatic rings. The van der Waals surface area contributed by atoms with Crippen LogP contribution >= 0.6 is 11.6 Å². The zero-order valence-corrected chi connectivity index (χ0v) is 17.0. The number of anilines is 2. The molecule has 0 aromatic heterocycles. The van der Waals surface area contributed by atoms with E-state index in [4.69, 9.17) is 16.3 Å². The van der Waals surface area contributed by atoms with Crippen LogP contribution in [0.3, 0.4) is 0 Å². The lowest BCUT2D eigenvalue weighted by atomic mass is 10.1. The Morgan fingerprint density at radius 1 is 1.00 bits per heavy atom. The summed E-state index contributed by atoms with van der Waals surface area (Å²) in [7, 11) is 0. The van der Waals surface area contributed by atoms with Crippen LogP contribution in [0.25, 0.3) is 0 Å². The molecule has 0 bridgehead atoms. The Hall–Kier alpha value is -3.31. The minimum atomic E-state index is -0.401. The Morgan fingerprint density at radius 3 is 2.40 bits per heavy atom. The molecule has 1 atom stereocenters. The van der Waals surface area contributed by atoms with Gasteiger partial charge in [0.25, 0.3) is 0 Å². The lowest BCUT2D eigenvalue weighted by Crippen LogP contribution is -2.28. The van der Waals surface area contributed by atoms with E-state index in [0.29, 0.717) is 23.9 Å². The van der Waals surface area contributed by atoms with E-state index in [1.807, 2.05) is 42.5 Å². The highest BCUT2D eigenvalue weighted by Crippen LogP contribution is 2.27.